The van der Waals surface area contributed by atoms with Gasteiger partial charge in [0.05, 0.1) is 13.2 Å². The minimum absolute atomic E-state index is 0.146. The third kappa shape index (κ3) is 2.44. The first-order chi connectivity index (χ1) is 5.67. The van der Waals surface area contributed by atoms with E-state index in [4.69, 9.17) is 9.84 Å². The van der Waals surface area contributed by atoms with Crippen LogP contribution in [0.5, 0.6) is 0 Å². The third-order valence-electron chi connectivity index (χ3n) is 2.40. The molecule has 0 aliphatic carbocycles. The lowest BCUT2D eigenvalue weighted by Crippen LogP contribution is -2.53. The molecule has 0 amide bonds. The Kier molecular flexibility index (Phi) is 3.50. The second kappa shape index (κ2) is 4.21. The fourth-order valence-corrected chi connectivity index (χ4v) is 1.57. The van der Waals surface area contributed by atoms with Crippen LogP contribution in [0, 0.1) is 0 Å². The van der Waals surface area contributed by atoms with Gasteiger partial charge in [0, 0.05) is 25.2 Å². The Balaban J connectivity index is 2.37. The lowest BCUT2D eigenvalue weighted by Gasteiger charge is -2.42. The summed E-state index contributed by atoms with van der Waals surface area (Å²) in [5.41, 5.74) is 0.146. The number of aliphatic hydroxyl groups excluding tert-OH is 1. The van der Waals surface area contributed by atoms with Gasteiger partial charge in [0.15, 0.2) is 0 Å². The predicted octanol–water partition coefficient (Wildman–Crippen LogP) is 0.480. The van der Waals surface area contributed by atoms with Gasteiger partial charge in [-0.15, -0.1) is 0 Å². The molecule has 1 aliphatic rings. The van der Waals surface area contributed by atoms with Gasteiger partial charge in [-0.2, -0.15) is 0 Å². The van der Waals surface area contributed by atoms with E-state index >= 15 is 0 Å². The number of morpholine rings is 1. The van der Waals surface area contributed by atoms with E-state index in [0.717, 1.165) is 32.7 Å². The molecule has 3 heteroatoms. The summed E-state index contributed by atoms with van der Waals surface area (Å²) in [6.07, 6.45) is 0.865. The Hall–Kier alpha value is -0.120. The molecule has 0 radical (unpaired) electrons. The molecule has 0 bridgehead atoms. The van der Waals surface area contributed by atoms with Crippen LogP contribution in [0.2, 0.25) is 0 Å². The van der Waals surface area contributed by atoms with E-state index in [1.165, 1.54) is 0 Å². The van der Waals surface area contributed by atoms with Crippen LogP contribution >= 0.6 is 0 Å². The van der Waals surface area contributed by atoms with Gasteiger partial charge in [-0.25, -0.2) is 0 Å². The Bertz CT molecular complexity index is 136. The van der Waals surface area contributed by atoms with Crippen LogP contribution < -0.4 is 0 Å². The second-order valence-corrected chi connectivity index (χ2v) is 3.93. The molecule has 1 N–H and O–H groups in total. The molecule has 12 heavy (non-hydrogen) atoms. The van der Waals surface area contributed by atoms with Crippen LogP contribution in [0.15, 0.2) is 0 Å². The van der Waals surface area contributed by atoms with Gasteiger partial charge in [-0.1, -0.05) is 0 Å². The van der Waals surface area contributed by atoms with Crippen molar-refractivity contribution in [2.24, 2.45) is 0 Å². The van der Waals surface area contributed by atoms with Crippen molar-refractivity contribution in [3.05, 3.63) is 0 Å². The molecular formula is C9H19NO2. The van der Waals surface area contributed by atoms with Gasteiger partial charge < -0.3 is 9.84 Å². The molecule has 0 aromatic rings. The van der Waals surface area contributed by atoms with Crippen LogP contribution in [0.3, 0.4) is 0 Å². The Morgan fingerprint density at radius 3 is 2.83 bits per heavy atom. The summed E-state index contributed by atoms with van der Waals surface area (Å²) >= 11 is 0. The highest BCUT2D eigenvalue weighted by atomic mass is 16.5. The first kappa shape index (κ1) is 9.96. The van der Waals surface area contributed by atoms with Crippen molar-refractivity contribution >= 4 is 0 Å². The standard InChI is InChI=1S/C9H19NO2/c1-9(2)8-12-7-5-10(9)4-3-6-11/h11H,3-8H2,1-2H3. The maximum atomic E-state index is 8.71. The largest absolute Gasteiger partial charge is 0.396 e. The molecule has 0 aromatic heterocycles. The third-order valence-corrected chi connectivity index (χ3v) is 2.40. The van der Waals surface area contributed by atoms with Crippen molar-refractivity contribution in [2.45, 2.75) is 25.8 Å². The van der Waals surface area contributed by atoms with Crippen molar-refractivity contribution in [1.29, 1.82) is 0 Å². The number of aliphatic hydroxyl groups is 1. The molecule has 1 rings (SSSR count). The van der Waals surface area contributed by atoms with E-state index in [1.54, 1.807) is 0 Å². The van der Waals surface area contributed by atoms with Crippen LogP contribution in [-0.4, -0.2) is 48.5 Å². The van der Waals surface area contributed by atoms with Crippen molar-refractivity contribution in [3.8, 4) is 0 Å². The van der Waals surface area contributed by atoms with Crippen LogP contribution in [-0.2, 0) is 4.74 Å². The lowest BCUT2D eigenvalue weighted by molar-refractivity contribution is -0.0524. The second-order valence-electron chi connectivity index (χ2n) is 3.93. The molecule has 1 aliphatic heterocycles. The number of ether oxygens (including phenoxy) is 1. The highest BCUT2D eigenvalue weighted by molar-refractivity contribution is 4.83. The zero-order valence-electron chi connectivity index (χ0n) is 8.05. The predicted molar refractivity (Wildman–Crippen MR) is 48.2 cm³/mol. The highest BCUT2D eigenvalue weighted by Gasteiger charge is 2.29. The molecule has 72 valence electrons. The number of rotatable bonds is 3. The summed E-state index contributed by atoms with van der Waals surface area (Å²) in [7, 11) is 0. The summed E-state index contributed by atoms with van der Waals surface area (Å²) in [5, 5.41) is 8.71. The Labute approximate surface area is 74.3 Å². The average molecular weight is 173 g/mol. The SMILES string of the molecule is CC1(C)COCCN1CCCO. The summed E-state index contributed by atoms with van der Waals surface area (Å²) < 4.78 is 5.39. The fourth-order valence-electron chi connectivity index (χ4n) is 1.57. The quantitative estimate of drug-likeness (QED) is 0.674. The molecule has 0 unspecified atom stereocenters. The Morgan fingerprint density at radius 2 is 2.25 bits per heavy atom. The average Bonchev–Trinajstić information content (AvgIpc) is 2.02. The molecule has 0 spiro atoms. The lowest BCUT2D eigenvalue weighted by atomic mass is 10.0. The zero-order chi connectivity index (χ0) is 9.03. The van der Waals surface area contributed by atoms with Gasteiger partial charge in [-0.05, 0) is 20.3 Å². The van der Waals surface area contributed by atoms with Crippen molar-refractivity contribution < 1.29 is 9.84 Å². The summed E-state index contributed by atoms with van der Waals surface area (Å²) in [6, 6.07) is 0. The number of nitrogens with zero attached hydrogens (tertiary/aromatic N) is 1. The molecule has 0 aromatic carbocycles. The first-order valence-corrected chi connectivity index (χ1v) is 4.60. The molecule has 3 nitrogen and oxygen atoms in total. The van der Waals surface area contributed by atoms with Gasteiger partial charge in [-0.3, -0.25) is 4.90 Å². The first-order valence-electron chi connectivity index (χ1n) is 4.60. The smallest absolute Gasteiger partial charge is 0.0645 e. The van der Waals surface area contributed by atoms with E-state index < -0.39 is 0 Å². The minimum Gasteiger partial charge on any atom is -0.396 e. The van der Waals surface area contributed by atoms with E-state index in [0.29, 0.717) is 0 Å². The van der Waals surface area contributed by atoms with Gasteiger partial charge in [0.25, 0.3) is 0 Å². The van der Waals surface area contributed by atoms with E-state index in [-0.39, 0.29) is 12.1 Å². The fraction of sp³-hybridized carbons (Fsp3) is 1.00. The maximum Gasteiger partial charge on any atom is 0.0645 e. The summed E-state index contributed by atoms with van der Waals surface area (Å²) in [5.74, 6) is 0. The molecule has 0 atom stereocenters. The van der Waals surface area contributed by atoms with Crippen molar-refractivity contribution in [1.82, 2.24) is 4.90 Å². The highest BCUT2D eigenvalue weighted by Crippen LogP contribution is 2.18. The van der Waals surface area contributed by atoms with Crippen LogP contribution in [0.25, 0.3) is 0 Å². The van der Waals surface area contributed by atoms with E-state index in [1.807, 2.05) is 0 Å². The van der Waals surface area contributed by atoms with Gasteiger partial charge >= 0.3 is 0 Å². The number of hydrogen-bond donors (Lipinski definition) is 1. The summed E-state index contributed by atoms with van der Waals surface area (Å²) in [6.45, 7) is 8.26. The maximum absolute atomic E-state index is 8.71. The van der Waals surface area contributed by atoms with Crippen molar-refractivity contribution in [3.63, 3.8) is 0 Å². The van der Waals surface area contributed by atoms with Crippen molar-refractivity contribution in [2.75, 3.05) is 32.9 Å². The van der Waals surface area contributed by atoms with E-state index in [2.05, 4.69) is 18.7 Å². The topological polar surface area (TPSA) is 32.7 Å². The zero-order valence-corrected chi connectivity index (χ0v) is 8.05. The molecule has 1 heterocycles. The van der Waals surface area contributed by atoms with Crippen LogP contribution in [0.4, 0.5) is 0 Å². The van der Waals surface area contributed by atoms with Crippen LogP contribution in [0.1, 0.15) is 20.3 Å². The monoisotopic (exact) mass is 173 g/mol. The summed E-state index contributed by atoms with van der Waals surface area (Å²) in [4.78, 5) is 2.38. The minimum atomic E-state index is 0.146. The number of hydrogen-bond acceptors (Lipinski definition) is 3. The normalized spacial score (nSPS) is 24.2. The molecule has 1 saturated heterocycles. The molecular weight excluding hydrogens is 154 g/mol. The molecule has 1 fully saturated rings. The van der Waals surface area contributed by atoms with E-state index in [9.17, 15) is 0 Å². The Morgan fingerprint density at radius 1 is 1.50 bits per heavy atom. The van der Waals surface area contributed by atoms with Gasteiger partial charge in [0.2, 0.25) is 0 Å². The molecule has 0 saturated carbocycles. The van der Waals surface area contributed by atoms with Gasteiger partial charge in [0.1, 0.15) is 0 Å².